The van der Waals surface area contributed by atoms with Crippen molar-refractivity contribution < 1.29 is 4.39 Å². The Labute approximate surface area is 116 Å². The molecule has 18 heavy (non-hydrogen) atoms. The summed E-state index contributed by atoms with van der Waals surface area (Å²) in [5, 5.41) is 0. The Balaban J connectivity index is 2.40. The molecule has 2 unspecified atom stereocenters. The van der Waals surface area contributed by atoms with E-state index in [1.54, 1.807) is 6.07 Å². The summed E-state index contributed by atoms with van der Waals surface area (Å²) >= 11 is 3.43. The van der Waals surface area contributed by atoms with Crippen molar-refractivity contribution in [1.29, 1.82) is 0 Å². The zero-order valence-electron chi connectivity index (χ0n) is 10.9. The molecule has 100 valence electrons. The van der Waals surface area contributed by atoms with E-state index in [1.165, 1.54) is 6.07 Å². The van der Waals surface area contributed by atoms with E-state index in [4.69, 9.17) is 5.73 Å². The Bertz CT molecular complexity index is 422. The third-order valence-corrected chi connectivity index (χ3v) is 4.30. The lowest BCUT2D eigenvalue weighted by Gasteiger charge is -2.31. The van der Waals surface area contributed by atoms with Gasteiger partial charge in [0.05, 0.1) is 0 Å². The van der Waals surface area contributed by atoms with Crippen LogP contribution in [0, 0.1) is 11.7 Å². The van der Waals surface area contributed by atoms with Crippen molar-refractivity contribution >= 4 is 15.9 Å². The number of nitrogens with zero attached hydrogens (tertiary/aromatic N) is 1. The van der Waals surface area contributed by atoms with Crippen LogP contribution in [0.4, 0.5) is 4.39 Å². The second kappa shape index (κ2) is 5.68. The summed E-state index contributed by atoms with van der Waals surface area (Å²) in [6, 6.07) is 5.68. The van der Waals surface area contributed by atoms with Crippen LogP contribution in [0.3, 0.4) is 0 Å². The highest BCUT2D eigenvalue weighted by Gasteiger charge is 2.37. The highest BCUT2D eigenvalue weighted by molar-refractivity contribution is 9.10. The summed E-state index contributed by atoms with van der Waals surface area (Å²) in [7, 11) is 0. The van der Waals surface area contributed by atoms with Crippen molar-refractivity contribution in [3.8, 4) is 0 Å². The van der Waals surface area contributed by atoms with Crippen molar-refractivity contribution in [2.75, 3.05) is 13.1 Å². The first-order valence-corrected chi connectivity index (χ1v) is 7.24. The normalized spacial score (nSPS) is 25.0. The molecule has 2 N–H and O–H groups in total. The second-order valence-corrected chi connectivity index (χ2v) is 6.14. The van der Waals surface area contributed by atoms with Crippen molar-refractivity contribution in [2.24, 2.45) is 11.7 Å². The van der Waals surface area contributed by atoms with Crippen molar-refractivity contribution in [2.45, 2.75) is 32.4 Å². The first kappa shape index (κ1) is 14.0. The van der Waals surface area contributed by atoms with Gasteiger partial charge in [-0.15, -0.1) is 0 Å². The monoisotopic (exact) mass is 314 g/mol. The Morgan fingerprint density at radius 1 is 1.50 bits per heavy atom. The number of nitrogens with two attached hydrogens (primary N) is 1. The number of rotatable bonds is 3. The highest BCUT2D eigenvalue weighted by Crippen LogP contribution is 2.39. The number of benzene rings is 1. The van der Waals surface area contributed by atoms with Crippen LogP contribution in [0.15, 0.2) is 22.7 Å². The number of halogens is 2. The summed E-state index contributed by atoms with van der Waals surface area (Å²) in [6.45, 7) is 5.92. The first-order valence-electron chi connectivity index (χ1n) is 6.45. The molecule has 1 aliphatic rings. The van der Waals surface area contributed by atoms with Crippen LogP contribution in [-0.2, 0) is 0 Å². The summed E-state index contributed by atoms with van der Waals surface area (Å²) in [5.74, 6) is 0.213. The molecule has 0 aromatic heterocycles. The lowest BCUT2D eigenvalue weighted by atomic mass is 9.93. The van der Waals surface area contributed by atoms with E-state index >= 15 is 0 Å². The molecule has 0 amide bonds. The largest absolute Gasteiger partial charge is 0.330 e. The minimum absolute atomic E-state index is 0.104. The van der Waals surface area contributed by atoms with Gasteiger partial charge in [-0.25, -0.2) is 4.39 Å². The molecule has 0 saturated carbocycles. The van der Waals surface area contributed by atoms with Gasteiger partial charge in [0.15, 0.2) is 0 Å². The predicted molar refractivity (Wildman–Crippen MR) is 75.8 cm³/mol. The molecule has 4 heteroatoms. The summed E-state index contributed by atoms with van der Waals surface area (Å²) in [6.07, 6.45) is 1.05. The molecular formula is C14H20BrFN2. The van der Waals surface area contributed by atoms with Gasteiger partial charge in [0.2, 0.25) is 0 Å². The van der Waals surface area contributed by atoms with E-state index in [0.29, 0.717) is 18.5 Å². The van der Waals surface area contributed by atoms with Crippen LogP contribution < -0.4 is 5.73 Å². The van der Waals surface area contributed by atoms with Gasteiger partial charge < -0.3 is 5.73 Å². The van der Waals surface area contributed by atoms with Gasteiger partial charge in [0.25, 0.3) is 0 Å². The van der Waals surface area contributed by atoms with Gasteiger partial charge in [0.1, 0.15) is 5.82 Å². The molecule has 0 bridgehead atoms. The molecule has 0 radical (unpaired) electrons. The lowest BCUT2D eigenvalue weighted by molar-refractivity contribution is 0.181. The minimum Gasteiger partial charge on any atom is -0.330 e. The maximum atomic E-state index is 14.1. The van der Waals surface area contributed by atoms with E-state index in [0.717, 1.165) is 23.0 Å². The van der Waals surface area contributed by atoms with Crippen molar-refractivity contribution in [3.63, 3.8) is 0 Å². The molecule has 0 spiro atoms. The van der Waals surface area contributed by atoms with Gasteiger partial charge in [-0.05, 0) is 57.5 Å². The van der Waals surface area contributed by atoms with Gasteiger partial charge in [-0.2, -0.15) is 0 Å². The maximum absolute atomic E-state index is 14.1. The number of hydrogen-bond donors (Lipinski definition) is 1. The molecule has 2 atom stereocenters. The summed E-state index contributed by atoms with van der Waals surface area (Å²) in [4.78, 5) is 2.35. The van der Waals surface area contributed by atoms with E-state index < -0.39 is 0 Å². The SMILES string of the molecule is CC(C)N1CCC(CN)C1c1cc(Br)ccc1F. The second-order valence-electron chi connectivity index (χ2n) is 5.23. The lowest BCUT2D eigenvalue weighted by Crippen LogP contribution is -2.33. The average molecular weight is 315 g/mol. The molecule has 1 aromatic rings. The molecule has 1 saturated heterocycles. The molecule has 2 nitrogen and oxygen atoms in total. The fraction of sp³-hybridized carbons (Fsp3) is 0.571. The zero-order chi connectivity index (χ0) is 13.3. The third-order valence-electron chi connectivity index (χ3n) is 3.80. The smallest absolute Gasteiger partial charge is 0.128 e. The Kier molecular flexibility index (Phi) is 4.41. The fourth-order valence-corrected chi connectivity index (χ4v) is 3.26. The van der Waals surface area contributed by atoms with Gasteiger partial charge in [0, 0.05) is 22.1 Å². The molecule has 1 aromatic carbocycles. The Morgan fingerprint density at radius 3 is 2.83 bits per heavy atom. The molecule has 2 rings (SSSR count). The third kappa shape index (κ3) is 2.60. The quantitative estimate of drug-likeness (QED) is 0.927. The van der Waals surface area contributed by atoms with Crippen LogP contribution in [-0.4, -0.2) is 24.0 Å². The van der Waals surface area contributed by atoms with E-state index in [-0.39, 0.29) is 11.9 Å². The van der Waals surface area contributed by atoms with Crippen LogP contribution in [0.5, 0.6) is 0 Å². The average Bonchev–Trinajstić information content (AvgIpc) is 2.75. The van der Waals surface area contributed by atoms with Crippen LogP contribution in [0.25, 0.3) is 0 Å². The van der Waals surface area contributed by atoms with Gasteiger partial charge in [-0.1, -0.05) is 15.9 Å². The number of likely N-dealkylation sites (tertiary alicyclic amines) is 1. The van der Waals surface area contributed by atoms with Gasteiger partial charge >= 0.3 is 0 Å². The Hall–Kier alpha value is -0.450. The van der Waals surface area contributed by atoms with Crippen LogP contribution in [0.2, 0.25) is 0 Å². The first-order chi connectivity index (χ1) is 8.54. The zero-order valence-corrected chi connectivity index (χ0v) is 12.5. The van der Waals surface area contributed by atoms with Crippen LogP contribution in [0.1, 0.15) is 31.9 Å². The fourth-order valence-electron chi connectivity index (χ4n) is 2.88. The topological polar surface area (TPSA) is 29.3 Å². The van der Waals surface area contributed by atoms with Crippen LogP contribution >= 0.6 is 15.9 Å². The molecular weight excluding hydrogens is 295 g/mol. The van der Waals surface area contributed by atoms with Crippen molar-refractivity contribution in [1.82, 2.24) is 4.90 Å². The Morgan fingerprint density at radius 2 is 2.22 bits per heavy atom. The highest BCUT2D eigenvalue weighted by atomic mass is 79.9. The predicted octanol–water partition coefficient (Wildman–Crippen LogP) is 3.32. The van der Waals surface area contributed by atoms with E-state index in [1.807, 2.05) is 6.07 Å². The molecule has 1 heterocycles. The van der Waals surface area contributed by atoms with Gasteiger partial charge in [-0.3, -0.25) is 4.90 Å². The summed E-state index contributed by atoms with van der Waals surface area (Å²) in [5.41, 5.74) is 6.62. The molecule has 0 aliphatic carbocycles. The minimum atomic E-state index is -0.130. The van der Waals surface area contributed by atoms with E-state index in [9.17, 15) is 4.39 Å². The van der Waals surface area contributed by atoms with E-state index in [2.05, 4.69) is 34.7 Å². The van der Waals surface area contributed by atoms with Crippen molar-refractivity contribution in [3.05, 3.63) is 34.1 Å². The maximum Gasteiger partial charge on any atom is 0.128 e. The summed E-state index contributed by atoms with van der Waals surface area (Å²) < 4.78 is 15.0. The molecule has 1 aliphatic heterocycles. The number of hydrogen-bond acceptors (Lipinski definition) is 2. The molecule has 1 fully saturated rings. The standard InChI is InChI=1S/C14H20BrFN2/c1-9(2)18-6-5-10(8-17)14(18)12-7-11(15)3-4-13(12)16/h3-4,7,9-10,14H,5-6,8,17H2,1-2H3.